The first-order valence-corrected chi connectivity index (χ1v) is 37.0. The zero-order valence-electron chi connectivity index (χ0n) is 68.0. The lowest BCUT2D eigenvalue weighted by Crippen LogP contribution is -2.33. The standard InChI is InChI=1S/C21H26N2O7.C20H24N2O6.C17H18N2O6.C15H14N4O.C8H6N4O5/c1-12(2)30-21(25)18-14(4)22-13(3)17(20(24)29-10-9-28-5)19(18)15-7-6-8-16(11-15)23(26)27;1-11(2)10-28-20(24)17-13(4)21-12(3)16(19(23)27-5)18(17)14-8-6-7-9-15(14)22(25)26;1-9-13(16(20)24-3)15(14(10(2)18-9)17(21)25-4)11-7-5-6-8-12(11)19(22)23;1-9-6-8-17-14-12(9)18-15(20)11-3-2-7-16-13(11)19(14)10-4-5-10;13-6-4-11(8(14)10-6)9-3-5-1-2-7(17-5)12(15)16/h6-8,11-12,19,22H,9-10H2,1-5H3;6-9,11,18,21H,10H2,1-5H3;5-8,15,18H,1-4H3;2-3,6-8,10H,4-5H2,1H3,(H,18,20);1-3H,4H2,(H,10,13,14)/b;;;;9-3+. The third-order valence-electron chi connectivity index (χ3n) is 18.5. The maximum absolute atomic E-state index is 12.9. The first-order valence-electron chi connectivity index (χ1n) is 37.0. The summed E-state index contributed by atoms with van der Waals surface area (Å²) < 4.78 is 40.3. The molecule has 632 valence electrons. The molecule has 3 aromatic heterocycles. The van der Waals surface area contributed by atoms with E-state index in [1.165, 1.54) is 89.1 Å². The zero-order valence-corrected chi connectivity index (χ0v) is 68.0. The maximum atomic E-state index is 12.9. The number of methoxy groups -OCH3 is 4. The van der Waals surface area contributed by atoms with E-state index in [0.29, 0.717) is 57.2 Å². The zero-order chi connectivity index (χ0) is 88.3. The van der Waals surface area contributed by atoms with Crippen LogP contribution in [0.4, 0.5) is 45.1 Å². The molecule has 3 aromatic carbocycles. The van der Waals surface area contributed by atoms with Crippen LogP contribution in [0, 0.1) is 53.3 Å². The number of rotatable bonds is 22. The van der Waals surface area contributed by atoms with Gasteiger partial charge < -0.3 is 63.7 Å². The van der Waals surface area contributed by atoms with E-state index in [9.17, 15) is 83.6 Å². The van der Waals surface area contributed by atoms with Crippen molar-refractivity contribution in [1.82, 2.24) is 36.2 Å². The molecule has 2 atom stereocenters. The van der Waals surface area contributed by atoms with E-state index >= 15 is 0 Å². The number of hydrogen-bond donors (Lipinski definition) is 5. The molecule has 120 heavy (non-hydrogen) atoms. The molecular formula is C81H88N14O25. The smallest absolute Gasteiger partial charge is 0.433 e. The molecule has 39 heteroatoms. The van der Waals surface area contributed by atoms with Gasteiger partial charge in [-0.3, -0.25) is 55.4 Å². The SMILES string of the molecule is COC(=O)C1=C(C)NC(C)=C(C(=O)OC)C1c1ccccc1[N+](=O)[O-].COC(=O)C1=C(C)NC(C)=C(C(=O)OCC(C)C)C1c1ccccc1[N+](=O)[O-].COCCOC(=O)C1=C(C)NC(C)=C(C(=O)OC(C)C)C1c1cccc([N+](=O)[O-])c1.Cc1ccnc2c1NC(=O)c1cccnc1N2C1CC1.O=C1CN(/N=C/c2ccc([N+](=O)[O-])o2)C(=O)N1. The van der Waals surface area contributed by atoms with Crippen LogP contribution in [-0.4, -0.2) is 161 Å². The largest absolute Gasteiger partial charge is 0.466 e. The molecule has 39 nitrogen and oxygen atoms in total. The van der Waals surface area contributed by atoms with E-state index in [1.807, 2.05) is 38.2 Å². The fourth-order valence-corrected chi connectivity index (χ4v) is 13.2. The van der Waals surface area contributed by atoms with Crippen molar-refractivity contribution >= 4 is 100 Å². The fourth-order valence-electron chi connectivity index (χ4n) is 13.2. The van der Waals surface area contributed by atoms with Gasteiger partial charge in [-0.25, -0.2) is 48.5 Å². The number of nitro benzene ring substituents is 3. The molecule has 0 radical (unpaired) electrons. The molecule has 4 amide bonds. The minimum atomic E-state index is -0.977. The van der Waals surface area contributed by atoms with Crippen LogP contribution in [-0.2, 0) is 66.7 Å². The van der Waals surface area contributed by atoms with E-state index < -0.39 is 91.1 Å². The van der Waals surface area contributed by atoms with Crippen LogP contribution in [0.2, 0.25) is 0 Å². The van der Waals surface area contributed by atoms with Crippen LogP contribution in [0.15, 0.2) is 193 Å². The Hall–Kier alpha value is -14.7. The summed E-state index contributed by atoms with van der Waals surface area (Å²) in [4.78, 5) is 164. The summed E-state index contributed by atoms with van der Waals surface area (Å²) >= 11 is 0. The Bertz CT molecular complexity index is 5260. The number of fused-ring (bicyclic) bond motifs is 2. The summed E-state index contributed by atoms with van der Waals surface area (Å²) in [6, 6.07) is 25.6. The summed E-state index contributed by atoms with van der Waals surface area (Å²) in [5.74, 6) is -5.99. The molecule has 2 fully saturated rings. The molecule has 0 spiro atoms. The Morgan fingerprint density at radius 3 is 1.50 bits per heavy atom. The summed E-state index contributed by atoms with van der Waals surface area (Å²) in [5, 5.41) is 63.2. The number of aromatic nitrogens is 2. The predicted octanol–water partition coefficient (Wildman–Crippen LogP) is 11.1. The van der Waals surface area contributed by atoms with Gasteiger partial charge in [0.1, 0.15) is 23.9 Å². The van der Waals surface area contributed by atoms with Crippen molar-refractivity contribution in [2.75, 3.05) is 65.0 Å². The Morgan fingerprint density at radius 1 is 0.542 bits per heavy atom. The van der Waals surface area contributed by atoms with E-state index in [1.54, 1.807) is 92.0 Å². The maximum Gasteiger partial charge on any atom is 0.433 e. The van der Waals surface area contributed by atoms with Crippen molar-refractivity contribution in [3.8, 4) is 0 Å². The third kappa shape index (κ3) is 21.7. The monoisotopic (exact) mass is 1660 g/mol. The van der Waals surface area contributed by atoms with Gasteiger partial charge in [0.05, 0.1) is 130 Å². The number of carbonyl (C=O) groups is 9. The average Bonchev–Trinajstić information content (AvgIpc) is 1.10. The number of para-hydroxylation sites is 2. The molecule has 1 aliphatic carbocycles. The number of benzene rings is 3. The van der Waals surface area contributed by atoms with E-state index in [2.05, 4.69) is 41.2 Å². The molecule has 5 aliphatic heterocycles. The third-order valence-corrected chi connectivity index (χ3v) is 18.5. The average molecular weight is 1660 g/mol. The predicted molar refractivity (Wildman–Crippen MR) is 429 cm³/mol. The molecule has 1 saturated heterocycles. The molecule has 5 N–H and O–H groups in total. The Morgan fingerprint density at radius 2 is 1.04 bits per heavy atom. The summed E-state index contributed by atoms with van der Waals surface area (Å²) in [6.07, 6.45) is 6.46. The number of non-ortho nitro benzene ring substituents is 1. The molecule has 6 aliphatic rings. The number of dihydropyridines is 3. The van der Waals surface area contributed by atoms with Gasteiger partial charge in [0.25, 0.3) is 23.0 Å². The second-order valence-electron chi connectivity index (χ2n) is 27.8. The number of imide groups is 1. The summed E-state index contributed by atoms with van der Waals surface area (Å²) in [5.41, 5.74) is 6.53. The number of hydrogen-bond acceptors (Lipinski definition) is 32. The highest BCUT2D eigenvalue weighted by molar-refractivity contribution is 6.12. The van der Waals surface area contributed by atoms with Crippen molar-refractivity contribution in [3.63, 3.8) is 0 Å². The molecular weight excluding hydrogens is 1570 g/mol. The number of nitrogens with zero attached hydrogens (tertiary/aromatic N) is 9. The summed E-state index contributed by atoms with van der Waals surface area (Å²) in [6.45, 7) is 19.5. The minimum absolute atomic E-state index is 0.0300. The number of esters is 6. The second kappa shape index (κ2) is 40.8. The van der Waals surface area contributed by atoms with Gasteiger partial charge in [0.2, 0.25) is 5.91 Å². The number of amides is 4. The molecule has 2 unspecified atom stereocenters. The quantitative estimate of drug-likeness (QED) is 0.00801. The molecule has 1 saturated carbocycles. The molecule has 6 aromatic rings. The number of aryl methyl sites for hydroxylation is 1. The number of ether oxygens (including phenoxy) is 7. The lowest BCUT2D eigenvalue weighted by Gasteiger charge is -2.30. The Balaban J connectivity index is 0.000000189. The van der Waals surface area contributed by atoms with Crippen molar-refractivity contribution in [1.29, 1.82) is 0 Å². The number of urea groups is 1. The highest BCUT2D eigenvalue weighted by Crippen LogP contribution is 2.47. The highest BCUT2D eigenvalue weighted by atomic mass is 16.7. The normalized spacial score (nSPS) is 16.2. The first-order chi connectivity index (χ1) is 57.0. The number of allylic oxidation sites excluding steroid dienone is 6. The van der Waals surface area contributed by atoms with Crippen molar-refractivity contribution < 1.29 is 100 Å². The van der Waals surface area contributed by atoms with Crippen LogP contribution in [0.1, 0.15) is 138 Å². The van der Waals surface area contributed by atoms with Crippen LogP contribution >= 0.6 is 0 Å². The highest BCUT2D eigenvalue weighted by Gasteiger charge is 2.45. The van der Waals surface area contributed by atoms with E-state index in [0.717, 1.165) is 47.2 Å². The van der Waals surface area contributed by atoms with Crippen molar-refractivity contribution in [2.24, 2.45) is 11.0 Å². The summed E-state index contributed by atoms with van der Waals surface area (Å²) in [7, 11) is 5.13. The van der Waals surface area contributed by atoms with Crippen LogP contribution in [0.5, 0.6) is 0 Å². The van der Waals surface area contributed by atoms with Gasteiger partial charge in [0, 0.05) is 95.1 Å². The molecule has 8 heterocycles. The second-order valence-corrected chi connectivity index (χ2v) is 27.8. The van der Waals surface area contributed by atoms with Crippen LogP contribution < -0.4 is 31.5 Å². The number of furan rings is 1. The fraction of sp³-hybridized carbons (Fsp3) is 0.333. The lowest BCUT2D eigenvalue weighted by molar-refractivity contribution is -0.402. The molecule has 12 rings (SSSR count). The number of nitrogens with one attached hydrogen (secondary N) is 5. The minimum Gasteiger partial charge on any atom is -0.466 e. The number of carbonyl (C=O) groups excluding carboxylic acids is 9. The molecule has 0 bridgehead atoms. The Kier molecular flexibility index (Phi) is 30.9. The number of anilines is 3. The Labute approximate surface area is 686 Å². The van der Waals surface area contributed by atoms with Gasteiger partial charge in [0.15, 0.2) is 11.6 Å². The van der Waals surface area contributed by atoms with Gasteiger partial charge in [-0.15, -0.1) is 0 Å². The van der Waals surface area contributed by atoms with Gasteiger partial charge in [-0.2, -0.15) is 5.10 Å². The topological polar surface area (TPSA) is 509 Å². The van der Waals surface area contributed by atoms with Crippen molar-refractivity contribution in [3.05, 3.63) is 257 Å². The number of hydrazone groups is 1. The van der Waals surface area contributed by atoms with E-state index in [4.69, 9.17) is 37.6 Å². The lowest BCUT2D eigenvalue weighted by atomic mass is 9.79. The van der Waals surface area contributed by atoms with Crippen molar-refractivity contribution in [2.45, 2.75) is 119 Å². The van der Waals surface area contributed by atoms with Gasteiger partial charge in [-0.05, 0) is 116 Å². The van der Waals surface area contributed by atoms with Crippen LogP contribution in [0.25, 0.3) is 0 Å². The van der Waals surface area contributed by atoms with Gasteiger partial charge in [-0.1, -0.05) is 62.4 Å². The van der Waals surface area contributed by atoms with E-state index in [-0.39, 0.29) is 112 Å². The number of nitro groups is 4. The number of pyridine rings is 2. The van der Waals surface area contributed by atoms with Gasteiger partial charge >= 0.3 is 47.7 Å². The van der Waals surface area contributed by atoms with Crippen LogP contribution in [0.3, 0.4) is 0 Å². The first kappa shape index (κ1) is 90.9.